The Morgan fingerprint density at radius 3 is 2.85 bits per heavy atom. The maximum atomic E-state index is 13.8. The van der Waals surface area contributed by atoms with E-state index in [9.17, 15) is 9.18 Å². The van der Waals surface area contributed by atoms with Gasteiger partial charge in [-0.2, -0.15) is 4.98 Å². The highest BCUT2D eigenvalue weighted by molar-refractivity contribution is 9.10. The van der Waals surface area contributed by atoms with E-state index in [-0.39, 0.29) is 17.0 Å². The van der Waals surface area contributed by atoms with Crippen LogP contribution in [0.25, 0.3) is 0 Å². The van der Waals surface area contributed by atoms with Gasteiger partial charge in [0.25, 0.3) is 0 Å². The molecule has 26 heavy (non-hydrogen) atoms. The molecule has 2 aromatic rings. The first-order valence-electron chi connectivity index (χ1n) is 8.28. The van der Waals surface area contributed by atoms with Crippen LogP contribution in [0.1, 0.15) is 38.3 Å². The van der Waals surface area contributed by atoms with E-state index in [0.29, 0.717) is 27.6 Å². The molecule has 1 aromatic heterocycles. The summed E-state index contributed by atoms with van der Waals surface area (Å²) >= 11 is 4.69. The summed E-state index contributed by atoms with van der Waals surface area (Å²) in [5, 5.41) is 8.50. The maximum Gasteiger partial charge on any atom is 0.227 e. The Hall–Kier alpha value is -1.67. The summed E-state index contributed by atoms with van der Waals surface area (Å²) in [5.41, 5.74) is 2.29. The minimum atomic E-state index is -0.407. The molecule has 1 aliphatic carbocycles. The van der Waals surface area contributed by atoms with Crippen molar-refractivity contribution in [1.82, 2.24) is 14.8 Å². The fraction of sp³-hybridized carbons (Fsp3) is 0.389. The first kappa shape index (κ1) is 17.7. The molecule has 1 aliphatic heterocycles. The lowest BCUT2D eigenvalue weighted by Gasteiger charge is -2.38. The normalized spacial score (nSPS) is 21.3. The molecule has 0 fully saturated rings. The molecular weight excluding hydrogens is 419 g/mol. The van der Waals surface area contributed by atoms with Crippen LogP contribution in [0.3, 0.4) is 0 Å². The molecule has 1 N–H and O–H groups in total. The van der Waals surface area contributed by atoms with Gasteiger partial charge in [-0.1, -0.05) is 31.7 Å². The maximum absolute atomic E-state index is 13.8. The van der Waals surface area contributed by atoms with Crippen LogP contribution >= 0.6 is 27.7 Å². The van der Waals surface area contributed by atoms with Gasteiger partial charge in [-0.3, -0.25) is 4.79 Å². The highest BCUT2D eigenvalue weighted by Crippen LogP contribution is 2.45. The van der Waals surface area contributed by atoms with E-state index in [1.54, 1.807) is 16.8 Å². The van der Waals surface area contributed by atoms with Gasteiger partial charge in [0.2, 0.25) is 11.1 Å². The molecule has 0 saturated carbocycles. The second-order valence-corrected chi connectivity index (χ2v) is 9.03. The van der Waals surface area contributed by atoms with Gasteiger partial charge in [-0.25, -0.2) is 9.07 Å². The third-order valence-electron chi connectivity index (χ3n) is 4.75. The van der Waals surface area contributed by atoms with Crippen molar-refractivity contribution in [2.45, 2.75) is 37.9 Å². The van der Waals surface area contributed by atoms with E-state index >= 15 is 0 Å². The SMILES string of the molecule is CSc1nc2n(n1)[C@H](c1ccc(F)c(Br)c1)C1=C(CC(C)(C)CC1=O)N2. The molecule has 5 nitrogen and oxygen atoms in total. The molecule has 0 bridgehead atoms. The molecule has 0 amide bonds. The van der Waals surface area contributed by atoms with E-state index in [1.807, 2.05) is 6.26 Å². The number of nitrogens with zero attached hydrogens (tertiary/aromatic N) is 3. The van der Waals surface area contributed by atoms with Crippen molar-refractivity contribution >= 4 is 39.4 Å². The summed E-state index contributed by atoms with van der Waals surface area (Å²) in [6, 6.07) is 4.42. The highest BCUT2D eigenvalue weighted by Gasteiger charge is 2.41. The molecule has 8 heteroatoms. The molecule has 1 atom stereocenters. The third-order valence-corrected chi connectivity index (χ3v) is 5.90. The van der Waals surface area contributed by atoms with Gasteiger partial charge >= 0.3 is 0 Å². The molecule has 0 radical (unpaired) electrons. The molecule has 0 spiro atoms. The van der Waals surface area contributed by atoms with Crippen molar-refractivity contribution in [2.24, 2.45) is 5.41 Å². The Balaban J connectivity index is 1.92. The number of carbonyl (C=O) groups excluding carboxylic acids is 1. The van der Waals surface area contributed by atoms with Crippen LogP contribution in [-0.2, 0) is 4.79 Å². The van der Waals surface area contributed by atoms with Crippen molar-refractivity contribution in [3.05, 3.63) is 45.3 Å². The number of halogens is 2. The zero-order valence-corrected chi connectivity index (χ0v) is 17.0. The number of Topliss-reactive ketones (excluding diaryl/α,β-unsaturated/α-hetero) is 1. The van der Waals surface area contributed by atoms with Gasteiger partial charge in [0, 0.05) is 17.7 Å². The standard InChI is InChI=1S/C18H18BrFN4OS/c1-18(2)7-12-14(13(25)8-18)15(9-4-5-11(20)10(19)6-9)24-16(21-12)22-17(23-24)26-3/h4-6,15H,7-8H2,1-3H3,(H,21,22,23)/t15-/m1/s1. The summed E-state index contributed by atoms with van der Waals surface area (Å²) in [7, 11) is 0. The zero-order chi connectivity index (χ0) is 18.6. The van der Waals surface area contributed by atoms with Crippen LogP contribution in [0.5, 0.6) is 0 Å². The Morgan fingerprint density at radius 1 is 1.38 bits per heavy atom. The molecule has 2 heterocycles. The number of hydrogen-bond donors (Lipinski definition) is 1. The summed E-state index contributed by atoms with van der Waals surface area (Å²) < 4.78 is 15.9. The van der Waals surface area contributed by atoms with Crippen LogP contribution in [0.4, 0.5) is 10.3 Å². The fourth-order valence-electron chi connectivity index (χ4n) is 3.67. The van der Waals surface area contributed by atoms with E-state index in [4.69, 9.17) is 0 Å². The quantitative estimate of drug-likeness (QED) is 0.699. The fourth-order valence-corrected chi connectivity index (χ4v) is 4.41. The smallest absolute Gasteiger partial charge is 0.227 e. The van der Waals surface area contributed by atoms with Gasteiger partial charge in [0.1, 0.15) is 11.9 Å². The number of carbonyl (C=O) groups is 1. The number of rotatable bonds is 2. The topological polar surface area (TPSA) is 59.8 Å². The highest BCUT2D eigenvalue weighted by atomic mass is 79.9. The summed E-state index contributed by atoms with van der Waals surface area (Å²) in [6.07, 6.45) is 3.15. The van der Waals surface area contributed by atoms with Crippen molar-refractivity contribution in [1.29, 1.82) is 0 Å². The molecule has 0 unspecified atom stereocenters. The number of nitrogens with one attached hydrogen (secondary N) is 1. The molecule has 136 valence electrons. The van der Waals surface area contributed by atoms with Gasteiger partial charge < -0.3 is 5.32 Å². The summed E-state index contributed by atoms with van der Waals surface area (Å²) in [6.45, 7) is 4.18. The Bertz CT molecular complexity index is 953. The molecule has 1 aromatic carbocycles. The van der Waals surface area contributed by atoms with Crippen molar-refractivity contribution in [3.63, 3.8) is 0 Å². The Labute approximate surface area is 163 Å². The van der Waals surface area contributed by atoms with Gasteiger partial charge in [-0.15, -0.1) is 5.10 Å². The number of aromatic nitrogens is 3. The lowest BCUT2D eigenvalue weighted by Crippen LogP contribution is -2.36. The van der Waals surface area contributed by atoms with E-state index in [0.717, 1.165) is 17.7 Å². The molecular formula is C18H18BrFN4OS. The lowest BCUT2D eigenvalue weighted by molar-refractivity contribution is -0.118. The zero-order valence-electron chi connectivity index (χ0n) is 14.6. The number of benzene rings is 1. The van der Waals surface area contributed by atoms with Crippen molar-refractivity contribution in [3.8, 4) is 0 Å². The first-order valence-corrected chi connectivity index (χ1v) is 10.3. The predicted molar refractivity (Wildman–Crippen MR) is 103 cm³/mol. The van der Waals surface area contributed by atoms with Crippen LogP contribution in [0.2, 0.25) is 0 Å². The largest absolute Gasteiger partial charge is 0.328 e. The average molecular weight is 437 g/mol. The van der Waals surface area contributed by atoms with Gasteiger partial charge in [0.05, 0.1) is 4.47 Å². The van der Waals surface area contributed by atoms with E-state index in [1.165, 1.54) is 17.8 Å². The van der Waals surface area contributed by atoms with Crippen molar-refractivity contribution in [2.75, 3.05) is 11.6 Å². The number of thioether (sulfide) groups is 1. The third kappa shape index (κ3) is 2.89. The summed E-state index contributed by atoms with van der Waals surface area (Å²) in [5.74, 6) is 0.377. The number of ketones is 1. The van der Waals surface area contributed by atoms with E-state index in [2.05, 4.69) is 45.2 Å². The van der Waals surface area contributed by atoms with Crippen LogP contribution in [0, 0.1) is 11.2 Å². The number of allylic oxidation sites excluding steroid dienone is 2. The van der Waals surface area contributed by atoms with E-state index < -0.39 is 6.04 Å². The molecule has 0 saturated heterocycles. The van der Waals surface area contributed by atoms with Crippen molar-refractivity contribution < 1.29 is 9.18 Å². The molecule has 4 rings (SSSR count). The summed E-state index contributed by atoms with van der Waals surface area (Å²) in [4.78, 5) is 17.5. The Morgan fingerprint density at radius 2 is 2.15 bits per heavy atom. The number of fused-ring (bicyclic) bond motifs is 1. The van der Waals surface area contributed by atoms with Gasteiger partial charge in [0.15, 0.2) is 5.78 Å². The second kappa shape index (κ2) is 6.20. The second-order valence-electron chi connectivity index (χ2n) is 7.40. The number of hydrogen-bond acceptors (Lipinski definition) is 5. The molecule has 2 aliphatic rings. The monoisotopic (exact) mass is 436 g/mol. The van der Waals surface area contributed by atoms with Crippen LogP contribution in [-0.4, -0.2) is 26.8 Å². The predicted octanol–water partition coefficient (Wildman–Crippen LogP) is 4.56. The van der Waals surface area contributed by atoms with Crippen LogP contribution < -0.4 is 5.32 Å². The lowest BCUT2D eigenvalue weighted by atomic mass is 9.73. The number of anilines is 1. The first-order chi connectivity index (χ1) is 12.3. The average Bonchev–Trinajstić information content (AvgIpc) is 2.97. The minimum Gasteiger partial charge on any atom is -0.328 e. The minimum absolute atomic E-state index is 0.0982. The van der Waals surface area contributed by atoms with Crippen LogP contribution in [0.15, 0.2) is 39.1 Å². The Kier molecular flexibility index (Phi) is 4.23. The van der Waals surface area contributed by atoms with Gasteiger partial charge in [-0.05, 0) is 51.7 Å².